The summed E-state index contributed by atoms with van der Waals surface area (Å²) in [5.41, 5.74) is 1.67. The Kier molecular flexibility index (Phi) is 4.94. The molecule has 7 heteroatoms. The van der Waals surface area contributed by atoms with Crippen molar-refractivity contribution in [3.05, 3.63) is 52.0 Å². The summed E-state index contributed by atoms with van der Waals surface area (Å²) in [4.78, 5) is 16.1. The number of rotatable bonds is 4. The molecule has 0 aliphatic rings. The molecule has 1 unspecified atom stereocenters. The van der Waals surface area contributed by atoms with Gasteiger partial charge in [-0.1, -0.05) is 46.7 Å². The number of hydrogen-bond donors (Lipinski definition) is 1. The summed E-state index contributed by atoms with van der Waals surface area (Å²) in [6.07, 6.45) is 0. The quantitative estimate of drug-likeness (QED) is 0.672. The summed E-state index contributed by atoms with van der Waals surface area (Å²) in [6.45, 7) is 1.86. The molecule has 0 fully saturated rings. The van der Waals surface area contributed by atoms with E-state index < -0.39 is 0 Å². The number of carbonyl (C=O) groups is 1. The van der Waals surface area contributed by atoms with Gasteiger partial charge >= 0.3 is 0 Å². The van der Waals surface area contributed by atoms with Gasteiger partial charge in [0.2, 0.25) is 5.91 Å². The highest BCUT2D eigenvalue weighted by Crippen LogP contribution is 2.36. The lowest BCUT2D eigenvalue weighted by molar-refractivity contribution is -0.121. The molecule has 3 aromatic rings. The van der Waals surface area contributed by atoms with E-state index in [0.717, 1.165) is 15.8 Å². The van der Waals surface area contributed by atoms with E-state index in [0.29, 0.717) is 21.0 Å². The van der Waals surface area contributed by atoms with Gasteiger partial charge in [-0.05, 0) is 36.8 Å². The number of amides is 1. The maximum absolute atomic E-state index is 11.7. The van der Waals surface area contributed by atoms with Gasteiger partial charge in [-0.15, -0.1) is 0 Å². The minimum Gasteiger partial charge on any atom is -0.431 e. The fourth-order valence-corrected chi connectivity index (χ4v) is 3.48. The number of benzene rings is 2. The first-order chi connectivity index (χ1) is 11.5. The number of carbonyl (C=O) groups excluding carboxylic acids is 1. The van der Waals surface area contributed by atoms with Crippen LogP contribution in [0.2, 0.25) is 10.0 Å². The number of fused-ring (bicyclic) bond motifs is 1. The maximum Gasteiger partial charge on any atom is 0.279 e. The van der Waals surface area contributed by atoms with Gasteiger partial charge in [-0.25, -0.2) is 4.98 Å². The van der Waals surface area contributed by atoms with Crippen molar-refractivity contribution < 1.29 is 9.53 Å². The minimum atomic E-state index is -0.212. The Morgan fingerprint density at radius 3 is 2.54 bits per heavy atom. The molecular formula is C17H14Cl2N2O2S. The molecular weight excluding hydrogens is 367 g/mol. The van der Waals surface area contributed by atoms with Gasteiger partial charge in [0, 0.05) is 7.05 Å². The minimum absolute atomic E-state index is 0.0244. The smallest absolute Gasteiger partial charge is 0.279 e. The van der Waals surface area contributed by atoms with E-state index in [1.165, 1.54) is 11.3 Å². The lowest BCUT2D eigenvalue weighted by Gasteiger charge is -2.10. The van der Waals surface area contributed by atoms with Crippen molar-refractivity contribution in [2.75, 3.05) is 7.05 Å². The van der Waals surface area contributed by atoms with Crippen molar-refractivity contribution in [3.8, 4) is 10.9 Å². The fraction of sp³-hybridized carbons (Fsp3) is 0.176. The van der Waals surface area contributed by atoms with Crippen LogP contribution in [0.5, 0.6) is 10.9 Å². The van der Waals surface area contributed by atoms with Gasteiger partial charge in [-0.2, -0.15) is 0 Å². The molecule has 0 bridgehead atoms. The topological polar surface area (TPSA) is 51.2 Å². The number of thiazole rings is 1. The number of hydrogen-bond acceptors (Lipinski definition) is 4. The van der Waals surface area contributed by atoms with E-state index in [1.807, 2.05) is 31.2 Å². The Bertz CT molecular complexity index is 854. The summed E-state index contributed by atoms with van der Waals surface area (Å²) >= 11 is 13.4. The summed E-state index contributed by atoms with van der Waals surface area (Å²) in [7, 11) is 1.63. The molecule has 0 aliphatic carbocycles. The average Bonchev–Trinajstić information content (AvgIpc) is 2.95. The Hall–Kier alpha value is -1.82. The molecule has 1 atom stereocenters. The molecule has 24 heavy (non-hydrogen) atoms. The van der Waals surface area contributed by atoms with Crippen molar-refractivity contribution in [3.63, 3.8) is 0 Å². The number of likely N-dealkylation sites (N-methyl/N-ethyl adjacent to an activating group) is 1. The third kappa shape index (κ3) is 3.48. The first kappa shape index (κ1) is 17.0. The summed E-state index contributed by atoms with van der Waals surface area (Å²) in [5, 5.41) is 4.11. The van der Waals surface area contributed by atoms with E-state index in [4.69, 9.17) is 27.9 Å². The lowest BCUT2D eigenvalue weighted by Crippen LogP contribution is -2.23. The van der Waals surface area contributed by atoms with Gasteiger partial charge in [0.25, 0.3) is 5.19 Å². The van der Waals surface area contributed by atoms with Crippen molar-refractivity contribution in [1.82, 2.24) is 10.3 Å². The van der Waals surface area contributed by atoms with E-state index in [-0.39, 0.29) is 11.8 Å². The molecule has 0 radical (unpaired) electrons. The number of aromatic nitrogens is 1. The number of nitrogens with zero attached hydrogens (tertiary/aromatic N) is 1. The molecule has 3 rings (SSSR count). The first-order valence-electron chi connectivity index (χ1n) is 7.23. The van der Waals surface area contributed by atoms with Crippen LogP contribution in [0.3, 0.4) is 0 Å². The Morgan fingerprint density at radius 2 is 1.88 bits per heavy atom. The van der Waals surface area contributed by atoms with Crippen molar-refractivity contribution in [1.29, 1.82) is 0 Å². The number of ether oxygens (including phenoxy) is 1. The van der Waals surface area contributed by atoms with Gasteiger partial charge in [0.15, 0.2) is 0 Å². The van der Waals surface area contributed by atoms with Crippen molar-refractivity contribution >= 4 is 50.7 Å². The van der Waals surface area contributed by atoms with Gasteiger partial charge < -0.3 is 10.1 Å². The molecule has 0 saturated heterocycles. The second-order valence-electron chi connectivity index (χ2n) is 5.22. The zero-order chi connectivity index (χ0) is 17.3. The monoisotopic (exact) mass is 380 g/mol. The van der Waals surface area contributed by atoms with Crippen LogP contribution in [0.1, 0.15) is 18.4 Å². The van der Waals surface area contributed by atoms with Crippen LogP contribution in [0.4, 0.5) is 0 Å². The molecule has 2 aromatic carbocycles. The summed E-state index contributed by atoms with van der Waals surface area (Å²) in [5.74, 6) is 0.415. The number of halogens is 2. The SMILES string of the molecule is CNC(=O)C(C)c1ccc(Oc2nc3cc(Cl)c(Cl)cc3s2)cc1. The third-order valence-electron chi connectivity index (χ3n) is 3.64. The molecule has 1 amide bonds. The Labute approximate surface area is 153 Å². The van der Waals surface area contributed by atoms with Gasteiger partial charge in [-0.3, -0.25) is 4.79 Å². The number of nitrogens with one attached hydrogen (secondary N) is 1. The van der Waals surface area contributed by atoms with E-state index in [2.05, 4.69) is 10.3 Å². The van der Waals surface area contributed by atoms with Crippen LogP contribution in [0, 0.1) is 0 Å². The highest BCUT2D eigenvalue weighted by molar-refractivity contribution is 7.20. The predicted octanol–water partition coefficient (Wildman–Crippen LogP) is 5.24. The third-order valence-corrected chi connectivity index (χ3v) is 5.25. The normalized spacial score (nSPS) is 12.2. The molecule has 124 valence electrons. The molecule has 0 spiro atoms. The van der Waals surface area contributed by atoms with Gasteiger partial charge in [0.05, 0.1) is 26.2 Å². The van der Waals surface area contributed by atoms with Crippen LogP contribution in [0.15, 0.2) is 36.4 Å². The van der Waals surface area contributed by atoms with Crippen molar-refractivity contribution in [2.24, 2.45) is 0 Å². The standard InChI is InChI=1S/C17H14Cl2N2O2S/c1-9(16(22)20-2)10-3-5-11(6-4-10)23-17-21-14-7-12(18)13(19)8-15(14)24-17/h3-9H,1-2H3,(H,20,22). The highest BCUT2D eigenvalue weighted by Gasteiger charge is 2.14. The average molecular weight is 381 g/mol. The molecule has 1 N–H and O–H groups in total. The summed E-state index contributed by atoms with van der Waals surface area (Å²) < 4.78 is 6.69. The van der Waals surface area contributed by atoms with Crippen molar-refractivity contribution in [2.45, 2.75) is 12.8 Å². The van der Waals surface area contributed by atoms with Crippen LogP contribution in [0.25, 0.3) is 10.2 Å². The predicted molar refractivity (Wildman–Crippen MR) is 98.6 cm³/mol. The second kappa shape index (κ2) is 6.97. The largest absolute Gasteiger partial charge is 0.431 e. The lowest BCUT2D eigenvalue weighted by atomic mass is 10.0. The van der Waals surface area contributed by atoms with E-state index in [1.54, 1.807) is 19.2 Å². The second-order valence-corrected chi connectivity index (χ2v) is 7.03. The van der Waals surface area contributed by atoms with Crippen LogP contribution < -0.4 is 10.1 Å². The maximum atomic E-state index is 11.7. The first-order valence-corrected chi connectivity index (χ1v) is 8.80. The molecule has 1 aromatic heterocycles. The molecule has 4 nitrogen and oxygen atoms in total. The zero-order valence-electron chi connectivity index (χ0n) is 13.0. The Balaban J connectivity index is 1.80. The van der Waals surface area contributed by atoms with E-state index >= 15 is 0 Å². The van der Waals surface area contributed by atoms with Gasteiger partial charge in [0.1, 0.15) is 5.75 Å². The summed E-state index contributed by atoms with van der Waals surface area (Å²) in [6, 6.07) is 10.9. The Morgan fingerprint density at radius 1 is 1.21 bits per heavy atom. The van der Waals surface area contributed by atoms with Crippen LogP contribution in [-0.4, -0.2) is 17.9 Å². The van der Waals surface area contributed by atoms with Crippen LogP contribution in [-0.2, 0) is 4.79 Å². The zero-order valence-corrected chi connectivity index (χ0v) is 15.3. The molecule has 0 aliphatic heterocycles. The van der Waals surface area contributed by atoms with Crippen LogP contribution >= 0.6 is 34.5 Å². The highest BCUT2D eigenvalue weighted by atomic mass is 35.5. The molecule has 0 saturated carbocycles. The fourth-order valence-electron chi connectivity index (χ4n) is 2.24. The van der Waals surface area contributed by atoms with E-state index in [9.17, 15) is 4.79 Å². The molecule has 1 heterocycles.